The number of carbonyl (C=O) groups is 2. The fourth-order valence-electron chi connectivity index (χ4n) is 1.49. The Kier molecular flexibility index (Phi) is 4.59. The van der Waals surface area contributed by atoms with Gasteiger partial charge in [0.2, 0.25) is 0 Å². The number of pyridine rings is 1. The highest BCUT2D eigenvalue weighted by molar-refractivity contribution is 5.72. The number of aromatic nitrogens is 1. The molecule has 0 aliphatic rings. The van der Waals surface area contributed by atoms with Gasteiger partial charge < -0.3 is 10.2 Å². The van der Waals surface area contributed by atoms with Crippen LogP contribution in [0.1, 0.15) is 18.7 Å². The van der Waals surface area contributed by atoms with E-state index in [-0.39, 0.29) is 19.1 Å². The Balaban J connectivity index is 2.82. The van der Waals surface area contributed by atoms with Gasteiger partial charge in [0.15, 0.2) is 0 Å². The number of rotatable bonds is 6. The van der Waals surface area contributed by atoms with Crippen LogP contribution in [0.4, 0.5) is 0 Å². The van der Waals surface area contributed by atoms with Crippen LogP contribution < -0.4 is 0 Å². The minimum absolute atomic E-state index is 0.329. The molecule has 1 aromatic heterocycles. The highest BCUT2D eigenvalue weighted by atomic mass is 16.4. The smallest absolute Gasteiger partial charge is 0.317 e. The highest BCUT2D eigenvalue weighted by Crippen LogP contribution is 2.16. The van der Waals surface area contributed by atoms with E-state index in [0.717, 1.165) is 0 Å². The van der Waals surface area contributed by atoms with E-state index in [0.29, 0.717) is 5.69 Å². The minimum Gasteiger partial charge on any atom is -0.480 e. The lowest BCUT2D eigenvalue weighted by Crippen LogP contribution is -2.36. The summed E-state index contributed by atoms with van der Waals surface area (Å²) in [6, 6.07) is 4.90. The van der Waals surface area contributed by atoms with Gasteiger partial charge in [-0.1, -0.05) is 6.07 Å². The molecule has 2 N–H and O–H groups in total. The lowest BCUT2D eigenvalue weighted by atomic mass is 10.2. The molecule has 6 nitrogen and oxygen atoms in total. The summed E-state index contributed by atoms with van der Waals surface area (Å²) < 4.78 is 0. The van der Waals surface area contributed by atoms with Crippen molar-refractivity contribution in [2.45, 2.75) is 13.0 Å². The summed E-state index contributed by atoms with van der Waals surface area (Å²) in [6.07, 6.45) is 1.59. The molecule has 92 valence electrons. The number of carboxylic acid groups (broad SMARTS) is 2. The van der Waals surface area contributed by atoms with Crippen molar-refractivity contribution in [3.8, 4) is 0 Å². The van der Waals surface area contributed by atoms with E-state index in [4.69, 9.17) is 10.2 Å². The van der Waals surface area contributed by atoms with E-state index in [2.05, 4.69) is 4.98 Å². The Morgan fingerprint density at radius 3 is 2.29 bits per heavy atom. The van der Waals surface area contributed by atoms with Crippen molar-refractivity contribution in [3.05, 3.63) is 30.1 Å². The summed E-state index contributed by atoms with van der Waals surface area (Å²) >= 11 is 0. The van der Waals surface area contributed by atoms with Crippen LogP contribution in [0.2, 0.25) is 0 Å². The monoisotopic (exact) mass is 238 g/mol. The number of hydrogen-bond acceptors (Lipinski definition) is 4. The van der Waals surface area contributed by atoms with Crippen molar-refractivity contribution >= 4 is 11.9 Å². The number of carboxylic acids is 2. The topological polar surface area (TPSA) is 90.7 Å². The Morgan fingerprint density at radius 2 is 1.88 bits per heavy atom. The average Bonchev–Trinajstić information content (AvgIpc) is 2.27. The van der Waals surface area contributed by atoms with Gasteiger partial charge in [0.1, 0.15) is 0 Å². The van der Waals surface area contributed by atoms with Crippen molar-refractivity contribution in [1.82, 2.24) is 9.88 Å². The maximum absolute atomic E-state index is 10.7. The van der Waals surface area contributed by atoms with Crippen LogP contribution in [0.3, 0.4) is 0 Å². The van der Waals surface area contributed by atoms with Crippen LogP contribution in [0.5, 0.6) is 0 Å². The van der Waals surface area contributed by atoms with E-state index in [1.807, 2.05) is 0 Å². The molecule has 0 amide bonds. The van der Waals surface area contributed by atoms with Crippen molar-refractivity contribution in [2.75, 3.05) is 13.1 Å². The molecular formula is C11H14N2O4. The Labute approximate surface area is 98.5 Å². The average molecular weight is 238 g/mol. The molecule has 6 heteroatoms. The van der Waals surface area contributed by atoms with E-state index in [1.165, 1.54) is 4.90 Å². The van der Waals surface area contributed by atoms with Gasteiger partial charge in [-0.25, -0.2) is 0 Å². The third-order valence-corrected chi connectivity index (χ3v) is 2.34. The van der Waals surface area contributed by atoms with Gasteiger partial charge >= 0.3 is 11.9 Å². The van der Waals surface area contributed by atoms with Crippen LogP contribution in [0.15, 0.2) is 24.4 Å². The molecule has 0 aliphatic carbocycles. The molecule has 0 radical (unpaired) electrons. The zero-order chi connectivity index (χ0) is 12.8. The summed E-state index contributed by atoms with van der Waals surface area (Å²) in [6.45, 7) is 1.07. The minimum atomic E-state index is -1.06. The molecule has 0 bridgehead atoms. The first kappa shape index (κ1) is 13.1. The maximum Gasteiger partial charge on any atom is 0.317 e. The van der Waals surface area contributed by atoms with Gasteiger partial charge in [0.25, 0.3) is 0 Å². The van der Waals surface area contributed by atoms with Crippen LogP contribution in [0.25, 0.3) is 0 Å². The summed E-state index contributed by atoms with van der Waals surface area (Å²) in [7, 11) is 0. The third kappa shape index (κ3) is 4.20. The first-order chi connectivity index (χ1) is 8.00. The molecule has 1 unspecified atom stereocenters. The predicted molar refractivity (Wildman–Crippen MR) is 59.5 cm³/mol. The van der Waals surface area contributed by atoms with Gasteiger partial charge in [0, 0.05) is 6.20 Å². The Morgan fingerprint density at radius 1 is 1.29 bits per heavy atom. The van der Waals surface area contributed by atoms with Gasteiger partial charge in [-0.3, -0.25) is 19.5 Å². The van der Waals surface area contributed by atoms with Crippen LogP contribution >= 0.6 is 0 Å². The summed E-state index contributed by atoms with van der Waals surface area (Å²) in [5.41, 5.74) is 0.648. The molecular weight excluding hydrogens is 224 g/mol. The molecule has 1 atom stereocenters. The fraction of sp³-hybridized carbons (Fsp3) is 0.364. The van der Waals surface area contributed by atoms with E-state index < -0.39 is 11.9 Å². The van der Waals surface area contributed by atoms with Gasteiger partial charge in [0.05, 0.1) is 24.8 Å². The molecule has 17 heavy (non-hydrogen) atoms. The van der Waals surface area contributed by atoms with Crippen molar-refractivity contribution in [2.24, 2.45) is 0 Å². The molecule has 0 fully saturated rings. The second-order valence-corrected chi connectivity index (χ2v) is 3.62. The van der Waals surface area contributed by atoms with Crippen LogP contribution in [-0.4, -0.2) is 45.1 Å². The zero-order valence-electron chi connectivity index (χ0n) is 9.41. The molecule has 1 aromatic rings. The molecule has 1 heterocycles. The van der Waals surface area contributed by atoms with Crippen molar-refractivity contribution in [3.63, 3.8) is 0 Å². The lowest BCUT2D eigenvalue weighted by molar-refractivity contribution is -0.142. The lowest BCUT2D eigenvalue weighted by Gasteiger charge is -2.25. The number of aliphatic carboxylic acids is 2. The Bertz CT molecular complexity index is 378. The molecule has 0 saturated heterocycles. The molecule has 0 saturated carbocycles. The SMILES string of the molecule is CC(c1ccccn1)N(CC(=O)O)CC(=O)O. The van der Waals surface area contributed by atoms with E-state index >= 15 is 0 Å². The van der Waals surface area contributed by atoms with Gasteiger partial charge in [-0.2, -0.15) is 0 Å². The summed E-state index contributed by atoms with van der Waals surface area (Å²) in [4.78, 5) is 26.8. The van der Waals surface area contributed by atoms with Crippen LogP contribution in [0, 0.1) is 0 Å². The second kappa shape index (κ2) is 5.95. The second-order valence-electron chi connectivity index (χ2n) is 3.62. The first-order valence-corrected chi connectivity index (χ1v) is 5.09. The normalized spacial score (nSPS) is 12.4. The zero-order valence-corrected chi connectivity index (χ0v) is 9.41. The standard InChI is InChI=1S/C11H14N2O4/c1-8(9-4-2-3-5-12-9)13(6-10(14)15)7-11(16)17/h2-5,8H,6-7H2,1H3,(H,14,15)(H,16,17). The predicted octanol–water partition coefficient (Wildman–Crippen LogP) is 0.614. The quantitative estimate of drug-likeness (QED) is 0.754. The largest absolute Gasteiger partial charge is 0.480 e. The first-order valence-electron chi connectivity index (χ1n) is 5.09. The molecule has 0 aromatic carbocycles. The van der Waals surface area contributed by atoms with E-state index in [9.17, 15) is 9.59 Å². The maximum atomic E-state index is 10.7. The highest BCUT2D eigenvalue weighted by Gasteiger charge is 2.21. The van der Waals surface area contributed by atoms with Crippen molar-refractivity contribution < 1.29 is 19.8 Å². The number of nitrogens with zero attached hydrogens (tertiary/aromatic N) is 2. The van der Waals surface area contributed by atoms with Gasteiger partial charge in [-0.15, -0.1) is 0 Å². The molecule has 0 spiro atoms. The van der Waals surface area contributed by atoms with Gasteiger partial charge in [-0.05, 0) is 19.1 Å². The summed E-state index contributed by atoms with van der Waals surface area (Å²) in [5, 5.41) is 17.5. The number of hydrogen-bond donors (Lipinski definition) is 2. The molecule has 0 aliphatic heterocycles. The Hall–Kier alpha value is -1.95. The molecule has 1 rings (SSSR count). The fourth-order valence-corrected chi connectivity index (χ4v) is 1.49. The van der Waals surface area contributed by atoms with Crippen molar-refractivity contribution in [1.29, 1.82) is 0 Å². The summed E-state index contributed by atoms with van der Waals surface area (Å²) in [5.74, 6) is -2.12. The van der Waals surface area contributed by atoms with Crippen LogP contribution in [-0.2, 0) is 9.59 Å². The van der Waals surface area contributed by atoms with E-state index in [1.54, 1.807) is 31.3 Å². The third-order valence-electron chi connectivity index (χ3n) is 2.34.